The molecule has 0 spiro atoms. The molecule has 19 heavy (non-hydrogen) atoms. The van der Waals surface area contributed by atoms with Crippen molar-refractivity contribution in [2.24, 2.45) is 10.9 Å². The molecule has 2 aromatic rings. The molecular formula is C13H12FN3O2. The molecule has 0 aliphatic rings. The lowest BCUT2D eigenvalue weighted by molar-refractivity contribution is 0.301. The number of hydrogen-bond donors (Lipinski definition) is 2. The minimum atomic E-state index is -0.609. The molecule has 0 aliphatic carbocycles. The van der Waals surface area contributed by atoms with Gasteiger partial charge in [0.05, 0.1) is 5.56 Å². The Bertz CT molecular complexity index is 588. The van der Waals surface area contributed by atoms with Crippen molar-refractivity contribution in [3.05, 3.63) is 59.7 Å². The Morgan fingerprint density at radius 3 is 2.74 bits per heavy atom. The molecule has 1 aromatic heterocycles. The molecule has 1 heterocycles. The van der Waals surface area contributed by atoms with Gasteiger partial charge in [-0.3, -0.25) is 4.98 Å². The Kier molecular flexibility index (Phi) is 3.92. The minimum absolute atomic E-state index is 0.0564. The first-order valence-corrected chi connectivity index (χ1v) is 5.50. The quantitative estimate of drug-likeness (QED) is 0.381. The van der Waals surface area contributed by atoms with Crippen LogP contribution in [-0.4, -0.2) is 16.0 Å². The zero-order valence-electron chi connectivity index (χ0n) is 9.95. The second kappa shape index (κ2) is 5.81. The average molecular weight is 261 g/mol. The molecule has 0 bridgehead atoms. The van der Waals surface area contributed by atoms with Gasteiger partial charge in [0.1, 0.15) is 18.2 Å². The van der Waals surface area contributed by atoms with Crippen LogP contribution in [-0.2, 0) is 6.61 Å². The maximum Gasteiger partial charge on any atom is 0.176 e. The second-order valence-electron chi connectivity index (χ2n) is 3.74. The number of pyridine rings is 1. The molecule has 98 valence electrons. The Balaban J connectivity index is 2.23. The van der Waals surface area contributed by atoms with Crippen LogP contribution in [0.25, 0.3) is 0 Å². The summed E-state index contributed by atoms with van der Waals surface area (Å²) >= 11 is 0. The molecule has 0 atom stereocenters. The number of nitrogens with zero attached hydrogens (tertiary/aromatic N) is 2. The van der Waals surface area contributed by atoms with Crippen LogP contribution in [0.4, 0.5) is 4.39 Å². The summed E-state index contributed by atoms with van der Waals surface area (Å²) in [5.41, 5.74) is 6.26. The average Bonchev–Trinajstić information content (AvgIpc) is 2.45. The summed E-state index contributed by atoms with van der Waals surface area (Å²) in [5, 5.41) is 11.5. The van der Waals surface area contributed by atoms with Crippen molar-refractivity contribution in [3.63, 3.8) is 0 Å². The summed E-state index contributed by atoms with van der Waals surface area (Å²) in [6.07, 6.45) is 3.27. The summed E-state index contributed by atoms with van der Waals surface area (Å²) < 4.78 is 19.1. The third-order valence-corrected chi connectivity index (χ3v) is 2.48. The molecule has 2 rings (SSSR count). The fourth-order valence-electron chi connectivity index (χ4n) is 1.56. The zero-order chi connectivity index (χ0) is 13.7. The van der Waals surface area contributed by atoms with Crippen molar-refractivity contribution in [1.82, 2.24) is 4.98 Å². The van der Waals surface area contributed by atoms with Gasteiger partial charge in [0.25, 0.3) is 0 Å². The molecule has 0 saturated carbocycles. The van der Waals surface area contributed by atoms with E-state index in [1.54, 1.807) is 30.6 Å². The number of ether oxygens (including phenoxy) is 1. The molecule has 3 N–H and O–H groups in total. The fraction of sp³-hybridized carbons (Fsp3) is 0.0769. The van der Waals surface area contributed by atoms with Crippen LogP contribution >= 0.6 is 0 Å². The van der Waals surface area contributed by atoms with Crippen LogP contribution in [0.3, 0.4) is 0 Å². The van der Waals surface area contributed by atoms with E-state index in [1.165, 1.54) is 12.1 Å². The number of rotatable bonds is 4. The van der Waals surface area contributed by atoms with Gasteiger partial charge in [0.15, 0.2) is 5.84 Å². The SMILES string of the molecule is N/C(=N\O)c1c(F)cccc1OCc1ccncc1. The van der Waals surface area contributed by atoms with Crippen LogP contribution in [0.1, 0.15) is 11.1 Å². The van der Waals surface area contributed by atoms with Crippen molar-refractivity contribution < 1.29 is 14.3 Å². The number of hydrogen-bond acceptors (Lipinski definition) is 4. The predicted octanol–water partition coefficient (Wildman–Crippen LogP) is 1.89. The normalized spacial score (nSPS) is 11.3. The molecule has 5 nitrogen and oxygen atoms in total. The lowest BCUT2D eigenvalue weighted by atomic mass is 10.1. The lowest BCUT2D eigenvalue weighted by Crippen LogP contribution is -2.17. The highest BCUT2D eigenvalue weighted by atomic mass is 19.1. The fourth-order valence-corrected chi connectivity index (χ4v) is 1.56. The van der Waals surface area contributed by atoms with Crippen molar-refractivity contribution in [2.75, 3.05) is 0 Å². The van der Waals surface area contributed by atoms with Crippen molar-refractivity contribution in [1.29, 1.82) is 0 Å². The van der Waals surface area contributed by atoms with Crippen LogP contribution in [0.5, 0.6) is 5.75 Å². The molecule has 0 amide bonds. The maximum atomic E-state index is 13.7. The number of nitrogens with two attached hydrogens (primary N) is 1. The summed E-state index contributed by atoms with van der Waals surface area (Å²) in [4.78, 5) is 3.89. The highest BCUT2D eigenvalue weighted by Crippen LogP contribution is 2.22. The first kappa shape index (κ1) is 12.8. The summed E-state index contributed by atoms with van der Waals surface area (Å²) in [5.74, 6) is -0.725. The van der Waals surface area contributed by atoms with Crippen molar-refractivity contribution >= 4 is 5.84 Å². The largest absolute Gasteiger partial charge is 0.488 e. The van der Waals surface area contributed by atoms with E-state index in [-0.39, 0.29) is 23.8 Å². The van der Waals surface area contributed by atoms with Gasteiger partial charge >= 0.3 is 0 Å². The number of amidine groups is 1. The van der Waals surface area contributed by atoms with Crippen LogP contribution in [0.15, 0.2) is 47.9 Å². The molecule has 0 saturated heterocycles. The monoisotopic (exact) mass is 261 g/mol. The summed E-state index contributed by atoms with van der Waals surface area (Å²) in [7, 11) is 0. The van der Waals surface area contributed by atoms with E-state index in [4.69, 9.17) is 15.7 Å². The van der Waals surface area contributed by atoms with Crippen LogP contribution < -0.4 is 10.5 Å². The standard InChI is InChI=1S/C13H12FN3O2/c14-10-2-1-3-11(12(10)13(15)17-18)19-8-9-4-6-16-7-5-9/h1-7,18H,8H2,(H2,15,17). The summed E-state index contributed by atoms with van der Waals surface area (Å²) in [6, 6.07) is 7.82. The Hall–Kier alpha value is -2.63. The third-order valence-electron chi connectivity index (χ3n) is 2.48. The van der Waals surface area contributed by atoms with Gasteiger partial charge in [0, 0.05) is 12.4 Å². The molecular weight excluding hydrogens is 249 g/mol. The topological polar surface area (TPSA) is 80.7 Å². The van der Waals surface area contributed by atoms with Gasteiger partial charge < -0.3 is 15.7 Å². The smallest absolute Gasteiger partial charge is 0.176 e. The lowest BCUT2D eigenvalue weighted by Gasteiger charge is -2.11. The number of aromatic nitrogens is 1. The number of halogens is 1. The highest BCUT2D eigenvalue weighted by molar-refractivity contribution is 5.99. The van der Waals surface area contributed by atoms with E-state index < -0.39 is 5.82 Å². The first-order valence-electron chi connectivity index (χ1n) is 5.50. The van der Waals surface area contributed by atoms with Gasteiger partial charge in [-0.2, -0.15) is 0 Å². The van der Waals surface area contributed by atoms with E-state index in [1.807, 2.05) is 0 Å². The van der Waals surface area contributed by atoms with E-state index in [0.717, 1.165) is 5.56 Å². The van der Waals surface area contributed by atoms with Gasteiger partial charge in [-0.25, -0.2) is 4.39 Å². The Labute approximate surface area is 109 Å². The van der Waals surface area contributed by atoms with Crippen molar-refractivity contribution in [2.45, 2.75) is 6.61 Å². The Morgan fingerprint density at radius 1 is 1.32 bits per heavy atom. The van der Waals surface area contributed by atoms with E-state index in [0.29, 0.717) is 0 Å². The van der Waals surface area contributed by atoms with Crippen LogP contribution in [0, 0.1) is 5.82 Å². The molecule has 0 fully saturated rings. The zero-order valence-corrected chi connectivity index (χ0v) is 9.95. The third kappa shape index (κ3) is 2.98. The van der Waals surface area contributed by atoms with Gasteiger partial charge in [-0.15, -0.1) is 0 Å². The molecule has 0 aliphatic heterocycles. The van der Waals surface area contributed by atoms with Gasteiger partial charge in [0.2, 0.25) is 0 Å². The molecule has 0 radical (unpaired) electrons. The van der Waals surface area contributed by atoms with Gasteiger partial charge in [-0.05, 0) is 29.8 Å². The van der Waals surface area contributed by atoms with Crippen LogP contribution in [0.2, 0.25) is 0 Å². The minimum Gasteiger partial charge on any atom is -0.488 e. The van der Waals surface area contributed by atoms with Gasteiger partial charge in [-0.1, -0.05) is 11.2 Å². The first-order chi connectivity index (χ1) is 9.22. The van der Waals surface area contributed by atoms with E-state index in [9.17, 15) is 4.39 Å². The predicted molar refractivity (Wildman–Crippen MR) is 67.5 cm³/mol. The molecule has 1 aromatic carbocycles. The number of benzene rings is 1. The molecule has 6 heteroatoms. The number of oxime groups is 1. The summed E-state index contributed by atoms with van der Waals surface area (Å²) in [6.45, 7) is 0.234. The van der Waals surface area contributed by atoms with E-state index >= 15 is 0 Å². The molecule has 0 unspecified atom stereocenters. The second-order valence-corrected chi connectivity index (χ2v) is 3.74. The highest BCUT2D eigenvalue weighted by Gasteiger charge is 2.14. The van der Waals surface area contributed by atoms with Crippen molar-refractivity contribution in [3.8, 4) is 5.75 Å². The Morgan fingerprint density at radius 2 is 2.05 bits per heavy atom. The van der Waals surface area contributed by atoms with E-state index in [2.05, 4.69) is 10.1 Å². The maximum absolute atomic E-state index is 13.7.